The highest BCUT2D eigenvalue weighted by Crippen LogP contribution is 2.29. The van der Waals surface area contributed by atoms with Crippen LogP contribution in [-0.2, 0) is 26.2 Å². The fourth-order valence-corrected chi connectivity index (χ4v) is 6.33. The molecular weight excluding hydrogens is 617 g/mol. The van der Waals surface area contributed by atoms with Crippen LogP contribution in [0.5, 0.6) is 0 Å². The predicted molar refractivity (Wildman–Crippen MR) is 171 cm³/mol. The van der Waals surface area contributed by atoms with E-state index >= 15 is 0 Å². The van der Waals surface area contributed by atoms with Gasteiger partial charge >= 0.3 is 0 Å². The summed E-state index contributed by atoms with van der Waals surface area (Å²) >= 11 is 18.9. The lowest BCUT2D eigenvalue weighted by Crippen LogP contribution is -2.52. The summed E-state index contributed by atoms with van der Waals surface area (Å²) in [6.45, 7) is 9.21. The highest BCUT2D eigenvalue weighted by Gasteiger charge is 2.34. The van der Waals surface area contributed by atoms with Crippen LogP contribution in [0.4, 0.5) is 5.69 Å². The molecule has 0 aliphatic rings. The Morgan fingerprint density at radius 3 is 2.14 bits per heavy atom. The highest BCUT2D eigenvalue weighted by atomic mass is 35.5. The van der Waals surface area contributed by atoms with Gasteiger partial charge in [0.05, 0.1) is 10.6 Å². The molecule has 3 aromatic carbocycles. The fraction of sp³-hybridized carbons (Fsp3) is 0.355. The van der Waals surface area contributed by atoms with E-state index in [0.717, 1.165) is 15.4 Å². The molecule has 0 aromatic heterocycles. The molecule has 3 rings (SSSR count). The second kappa shape index (κ2) is 14.6. The van der Waals surface area contributed by atoms with Crippen molar-refractivity contribution in [2.75, 3.05) is 17.4 Å². The molecule has 2 amide bonds. The number of nitrogens with zero attached hydrogens (tertiary/aromatic N) is 2. The van der Waals surface area contributed by atoms with E-state index in [1.165, 1.54) is 23.1 Å². The van der Waals surface area contributed by atoms with E-state index in [9.17, 15) is 18.0 Å². The molecule has 11 heteroatoms. The molecule has 0 aliphatic carbocycles. The molecule has 0 spiro atoms. The van der Waals surface area contributed by atoms with E-state index in [0.29, 0.717) is 33.6 Å². The third-order valence-corrected chi connectivity index (χ3v) is 9.54. The van der Waals surface area contributed by atoms with Crippen LogP contribution in [-0.4, -0.2) is 44.3 Å². The number of hydrogen-bond donors (Lipinski definition) is 1. The van der Waals surface area contributed by atoms with Gasteiger partial charge in [-0.2, -0.15) is 0 Å². The van der Waals surface area contributed by atoms with Crippen LogP contribution < -0.4 is 9.62 Å². The Morgan fingerprint density at radius 1 is 0.905 bits per heavy atom. The molecule has 1 atom stereocenters. The standard InChI is InChI=1S/C31H36Cl3N3O4S/c1-6-29(31(39)35-17-20(2)3)36(18-23-10-11-24(32)15-28(23)34)30(38)19-37(25-12-9-22(5)27(33)16-25)42(40,41)26-13-7-21(4)8-14-26/h7-16,20,29H,6,17-19H2,1-5H3,(H,35,39). The van der Waals surface area contributed by atoms with Gasteiger partial charge in [0, 0.05) is 28.2 Å². The van der Waals surface area contributed by atoms with Crippen molar-refractivity contribution >= 4 is 62.3 Å². The number of rotatable bonds is 12. The summed E-state index contributed by atoms with van der Waals surface area (Å²) in [6, 6.07) is 15.2. The number of sulfonamides is 1. The molecule has 0 bridgehead atoms. The zero-order valence-electron chi connectivity index (χ0n) is 24.3. The fourth-order valence-electron chi connectivity index (χ4n) is 4.28. The number of anilines is 1. The summed E-state index contributed by atoms with van der Waals surface area (Å²) in [5.74, 6) is -0.723. The van der Waals surface area contributed by atoms with Gasteiger partial charge in [-0.25, -0.2) is 8.42 Å². The smallest absolute Gasteiger partial charge is 0.264 e. The lowest BCUT2D eigenvalue weighted by atomic mass is 10.1. The van der Waals surface area contributed by atoms with E-state index in [1.807, 2.05) is 20.8 Å². The van der Waals surface area contributed by atoms with Gasteiger partial charge in [0.25, 0.3) is 10.0 Å². The Hall–Kier alpha value is -2.78. The lowest BCUT2D eigenvalue weighted by Gasteiger charge is -2.33. The topological polar surface area (TPSA) is 86.8 Å². The van der Waals surface area contributed by atoms with Crippen molar-refractivity contribution in [2.45, 2.75) is 58.5 Å². The van der Waals surface area contributed by atoms with Gasteiger partial charge in [-0.05, 0) is 73.7 Å². The van der Waals surface area contributed by atoms with Gasteiger partial charge in [0.15, 0.2) is 0 Å². The first-order valence-corrected chi connectivity index (χ1v) is 16.2. The van der Waals surface area contributed by atoms with Crippen LogP contribution in [0, 0.1) is 19.8 Å². The van der Waals surface area contributed by atoms with E-state index in [4.69, 9.17) is 34.8 Å². The molecule has 1 unspecified atom stereocenters. The first kappa shape index (κ1) is 33.7. The van der Waals surface area contributed by atoms with Crippen molar-refractivity contribution in [3.63, 3.8) is 0 Å². The minimum absolute atomic E-state index is 0.0200. The summed E-state index contributed by atoms with van der Waals surface area (Å²) in [5.41, 5.74) is 2.43. The predicted octanol–water partition coefficient (Wildman–Crippen LogP) is 7.04. The average molecular weight is 653 g/mol. The zero-order valence-corrected chi connectivity index (χ0v) is 27.4. The number of halogens is 3. The largest absolute Gasteiger partial charge is 0.354 e. The van der Waals surface area contributed by atoms with Crippen molar-refractivity contribution in [3.05, 3.63) is 92.4 Å². The maximum Gasteiger partial charge on any atom is 0.264 e. The maximum absolute atomic E-state index is 14.2. The minimum Gasteiger partial charge on any atom is -0.354 e. The summed E-state index contributed by atoms with van der Waals surface area (Å²) in [7, 11) is -4.21. The van der Waals surface area contributed by atoms with E-state index in [2.05, 4.69) is 5.32 Å². The molecule has 0 saturated heterocycles. The third kappa shape index (κ3) is 8.40. The number of benzene rings is 3. The minimum atomic E-state index is -4.21. The molecule has 7 nitrogen and oxygen atoms in total. The monoisotopic (exact) mass is 651 g/mol. The van der Waals surface area contributed by atoms with Gasteiger partial charge < -0.3 is 10.2 Å². The van der Waals surface area contributed by atoms with Crippen molar-refractivity contribution in [3.8, 4) is 0 Å². The van der Waals surface area contributed by atoms with E-state index < -0.39 is 28.5 Å². The molecule has 3 aromatic rings. The lowest BCUT2D eigenvalue weighted by molar-refractivity contribution is -0.140. The third-order valence-electron chi connectivity index (χ3n) is 6.76. The molecule has 0 saturated carbocycles. The van der Waals surface area contributed by atoms with Crippen molar-refractivity contribution < 1.29 is 18.0 Å². The Labute approximate surface area is 263 Å². The molecule has 0 fully saturated rings. The Balaban J connectivity index is 2.09. The molecule has 0 aliphatic heterocycles. The summed E-state index contributed by atoms with van der Waals surface area (Å²) in [6.07, 6.45) is 0.294. The molecule has 226 valence electrons. The van der Waals surface area contributed by atoms with Gasteiger partial charge in [-0.3, -0.25) is 13.9 Å². The van der Waals surface area contributed by atoms with Gasteiger partial charge in [0.1, 0.15) is 12.6 Å². The summed E-state index contributed by atoms with van der Waals surface area (Å²) in [5, 5.41) is 4.01. The first-order chi connectivity index (χ1) is 19.7. The molecule has 42 heavy (non-hydrogen) atoms. The Kier molecular flexibility index (Phi) is 11.7. The van der Waals surface area contributed by atoms with Gasteiger partial charge in [-0.15, -0.1) is 0 Å². The molecule has 0 heterocycles. The molecule has 0 radical (unpaired) electrons. The zero-order chi connectivity index (χ0) is 31.2. The molecule has 1 N–H and O–H groups in total. The van der Waals surface area contributed by atoms with Gasteiger partial charge in [0.2, 0.25) is 11.8 Å². The molecular formula is C31H36Cl3N3O4S. The van der Waals surface area contributed by atoms with Crippen LogP contribution in [0.2, 0.25) is 15.1 Å². The second-order valence-corrected chi connectivity index (χ2v) is 13.7. The van der Waals surface area contributed by atoms with Crippen LogP contribution in [0.15, 0.2) is 65.6 Å². The number of amides is 2. The maximum atomic E-state index is 14.2. The number of nitrogens with one attached hydrogen (secondary N) is 1. The number of aryl methyl sites for hydroxylation is 2. The van der Waals surface area contributed by atoms with E-state index in [1.54, 1.807) is 56.3 Å². The van der Waals surface area contributed by atoms with Crippen molar-refractivity contribution in [1.82, 2.24) is 10.2 Å². The number of hydrogen-bond acceptors (Lipinski definition) is 4. The Bertz CT molecular complexity index is 1530. The summed E-state index contributed by atoms with van der Waals surface area (Å²) in [4.78, 5) is 28.9. The number of carbonyl (C=O) groups excluding carboxylic acids is 2. The average Bonchev–Trinajstić information content (AvgIpc) is 2.93. The summed E-state index contributed by atoms with van der Waals surface area (Å²) < 4.78 is 29.0. The van der Waals surface area contributed by atoms with Gasteiger partial charge in [-0.1, -0.05) is 85.4 Å². The van der Waals surface area contributed by atoms with Crippen molar-refractivity contribution in [2.24, 2.45) is 5.92 Å². The van der Waals surface area contributed by atoms with Crippen molar-refractivity contribution in [1.29, 1.82) is 0 Å². The van der Waals surface area contributed by atoms with Crippen LogP contribution >= 0.6 is 34.8 Å². The quantitative estimate of drug-likeness (QED) is 0.227. The second-order valence-electron chi connectivity index (χ2n) is 10.6. The Morgan fingerprint density at radius 2 is 1.57 bits per heavy atom. The highest BCUT2D eigenvalue weighted by molar-refractivity contribution is 7.92. The first-order valence-electron chi connectivity index (χ1n) is 13.6. The van der Waals surface area contributed by atoms with Crippen LogP contribution in [0.1, 0.15) is 43.9 Å². The normalized spacial score (nSPS) is 12.2. The van der Waals surface area contributed by atoms with Crippen LogP contribution in [0.3, 0.4) is 0 Å². The van der Waals surface area contributed by atoms with E-state index in [-0.39, 0.29) is 29.0 Å². The van der Waals surface area contributed by atoms with Crippen LogP contribution in [0.25, 0.3) is 0 Å². The SMILES string of the molecule is CCC(C(=O)NCC(C)C)N(Cc1ccc(Cl)cc1Cl)C(=O)CN(c1ccc(C)c(Cl)c1)S(=O)(=O)c1ccc(C)cc1. The number of carbonyl (C=O) groups is 2.